The Morgan fingerprint density at radius 3 is 0.821 bits per heavy atom. The van der Waals surface area contributed by atoms with E-state index in [0.29, 0.717) is 0 Å². The standard InChI is InChI=1S/C40H25N3.2C34H20N2S/c1-2-8-30(9-3-1)43-37-13-7-6-11-32(37)33-20-18-29(25-38(33)43)27-16-14-26(15-17-27)28-19-21-35-36(24-28)31-10-4-5-12-34(31)39-40(35)42-23-22-41-39;1-2-10-27-25(8-1)29-19-23(12-14-28(29)34-33(27)35-16-17-36-34)21-6-5-7-22(18-21)24-13-15-32-30(20-24)26-9-3-4-11-31(26)37-32;1-2-7-27-25(5-1)29-19-23(13-15-28(29)34-33(27)35-17-18-36-34)21-9-11-22(12-10-21)24-14-16-32-30(20-24)26-6-3-4-8-31(26)37-32/h1-25H;2*1-20H. The largest absolute Gasteiger partial charge is 0.309 e. The Labute approximate surface area is 679 Å². The number of fused-ring (bicyclic) bond motifs is 27. The first-order chi connectivity index (χ1) is 58.0. The Morgan fingerprint density at radius 2 is 0.419 bits per heavy atom. The fraction of sp³-hybridized carbons (Fsp3) is 0. The molecule has 0 spiro atoms. The van der Waals surface area contributed by atoms with Crippen LogP contribution in [0.15, 0.2) is 395 Å². The van der Waals surface area contributed by atoms with E-state index in [1.54, 1.807) is 37.2 Å². The second-order valence-corrected chi connectivity index (χ2v) is 32.1. The van der Waals surface area contributed by atoms with Gasteiger partial charge < -0.3 is 4.57 Å². The average molecular weight is 1520 g/mol. The minimum absolute atomic E-state index is 0.946. The molecule has 0 aliphatic rings. The second-order valence-electron chi connectivity index (χ2n) is 30.0. The quantitative estimate of drug-likeness (QED) is 0.148. The van der Waals surface area contributed by atoms with E-state index >= 15 is 0 Å². The summed E-state index contributed by atoms with van der Waals surface area (Å²) < 4.78 is 7.72. The van der Waals surface area contributed by atoms with Crippen molar-refractivity contribution in [2.45, 2.75) is 0 Å². The van der Waals surface area contributed by atoms with Gasteiger partial charge in [0.2, 0.25) is 0 Å². The van der Waals surface area contributed by atoms with Gasteiger partial charge in [-0.15, -0.1) is 22.7 Å². The Balaban J connectivity index is 0.000000104. The summed E-state index contributed by atoms with van der Waals surface area (Å²) >= 11 is 3.72. The Kier molecular flexibility index (Phi) is 16.2. The highest BCUT2D eigenvalue weighted by atomic mass is 32.1. The summed E-state index contributed by atoms with van der Waals surface area (Å²) in [5, 5.41) is 21.9. The number of benzene rings is 19. The molecule has 25 aromatic rings. The minimum atomic E-state index is 0.946. The molecule has 25 rings (SSSR count). The second kappa shape index (κ2) is 28.0. The van der Waals surface area contributed by atoms with Gasteiger partial charge in [-0.1, -0.05) is 273 Å². The summed E-state index contributed by atoms with van der Waals surface area (Å²) in [6.45, 7) is 0. The van der Waals surface area contributed by atoms with Gasteiger partial charge in [0, 0.05) is 126 Å². The van der Waals surface area contributed by atoms with Crippen LogP contribution in [0.2, 0.25) is 0 Å². The number of hydrogen-bond donors (Lipinski definition) is 0. The van der Waals surface area contributed by atoms with Crippen molar-refractivity contribution in [1.29, 1.82) is 0 Å². The molecule has 0 bridgehead atoms. The van der Waals surface area contributed by atoms with Crippen LogP contribution in [-0.2, 0) is 0 Å². The van der Waals surface area contributed by atoms with Crippen molar-refractivity contribution in [1.82, 2.24) is 34.5 Å². The molecular weight excluding hydrogens is 1460 g/mol. The molecule has 0 unspecified atom stereocenters. The smallest absolute Gasteiger partial charge is 0.0971 e. The van der Waals surface area contributed by atoms with Gasteiger partial charge in [-0.05, 0) is 184 Å². The first-order valence-electron chi connectivity index (χ1n) is 39.4. The van der Waals surface area contributed by atoms with Crippen molar-refractivity contribution in [3.63, 3.8) is 0 Å². The van der Waals surface area contributed by atoms with Crippen molar-refractivity contribution in [2.75, 3.05) is 0 Å². The molecule has 6 aromatic heterocycles. The van der Waals surface area contributed by atoms with E-state index in [2.05, 4.69) is 382 Å². The molecule has 0 amide bonds. The highest BCUT2D eigenvalue weighted by molar-refractivity contribution is 7.26. The number of para-hydroxylation sites is 2. The van der Waals surface area contributed by atoms with E-state index in [-0.39, 0.29) is 0 Å². The first-order valence-corrected chi connectivity index (χ1v) is 41.0. The van der Waals surface area contributed by atoms with Gasteiger partial charge in [0.05, 0.1) is 44.1 Å². The van der Waals surface area contributed by atoms with Crippen LogP contribution in [0, 0.1) is 0 Å². The van der Waals surface area contributed by atoms with E-state index in [4.69, 9.17) is 9.97 Å². The lowest BCUT2D eigenvalue weighted by Gasteiger charge is -2.11. The molecule has 0 aliphatic heterocycles. The van der Waals surface area contributed by atoms with Crippen LogP contribution in [0.25, 0.3) is 232 Å². The lowest BCUT2D eigenvalue weighted by atomic mass is 9.94. The SMILES string of the molecule is c1cc(-c2ccc3sc4ccccc4c3c2)cc(-c2ccc3c(c2)c2ccccc2c2nccnc32)c1.c1ccc(-n2c3ccccc3c3ccc(-c4ccc(-c5ccc6c(c5)c5ccccc5c5nccnc65)cc4)cc32)cc1.c1ccc2c(c1)sc1ccc(-c3ccc(-c4ccc5c(c4)c4ccccc4c4nccnc54)cc3)cc12. The zero-order valence-electron chi connectivity index (χ0n) is 63.0. The van der Waals surface area contributed by atoms with Crippen LogP contribution in [0.1, 0.15) is 0 Å². The van der Waals surface area contributed by atoms with E-state index in [0.717, 1.165) is 65.4 Å². The molecule has 544 valence electrons. The highest BCUT2D eigenvalue weighted by Gasteiger charge is 2.19. The maximum atomic E-state index is 4.70. The Bertz CT molecular complexity index is 8230. The molecular formula is C108H65N7S2. The molecule has 7 nitrogen and oxygen atoms in total. The van der Waals surface area contributed by atoms with Crippen molar-refractivity contribution in [3.05, 3.63) is 395 Å². The first kappa shape index (κ1) is 67.7. The third-order valence-corrected chi connectivity index (χ3v) is 25.7. The lowest BCUT2D eigenvalue weighted by Crippen LogP contribution is -1.93. The molecule has 0 atom stereocenters. The van der Waals surface area contributed by atoms with Crippen LogP contribution < -0.4 is 0 Å². The van der Waals surface area contributed by atoms with Gasteiger partial charge in [0.1, 0.15) is 0 Å². The summed E-state index contributed by atoms with van der Waals surface area (Å²) in [5.74, 6) is 0. The van der Waals surface area contributed by atoms with Crippen LogP contribution in [-0.4, -0.2) is 34.5 Å². The van der Waals surface area contributed by atoms with Gasteiger partial charge in [0.25, 0.3) is 0 Å². The molecule has 0 radical (unpaired) electrons. The van der Waals surface area contributed by atoms with Crippen molar-refractivity contribution in [2.24, 2.45) is 0 Å². The summed E-state index contributed by atoms with van der Waals surface area (Å²) in [6, 6.07) is 129. The molecule has 0 saturated carbocycles. The van der Waals surface area contributed by atoms with Gasteiger partial charge in [-0.3, -0.25) is 29.9 Å². The summed E-state index contributed by atoms with van der Waals surface area (Å²) in [4.78, 5) is 28.1. The Morgan fingerprint density at radius 1 is 0.154 bits per heavy atom. The maximum absolute atomic E-state index is 4.70. The molecule has 0 aliphatic carbocycles. The maximum Gasteiger partial charge on any atom is 0.0971 e. The van der Waals surface area contributed by atoms with E-state index in [1.807, 2.05) is 22.7 Å². The third kappa shape index (κ3) is 11.6. The topological polar surface area (TPSA) is 82.3 Å². The molecule has 9 heteroatoms. The summed E-state index contributed by atoms with van der Waals surface area (Å²) in [5.41, 5.74) is 23.8. The van der Waals surface area contributed by atoms with E-state index in [1.165, 1.54) is 167 Å². The van der Waals surface area contributed by atoms with Crippen LogP contribution >= 0.6 is 22.7 Å². The van der Waals surface area contributed by atoms with E-state index < -0.39 is 0 Å². The molecule has 0 saturated heterocycles. The molecule has 0 N–H and O–H groups in total. The normalized spacial score (nSPS) is 11.8. The third-order valence-electron chi connectivity index (χ3n) is 23.4. The number of aromatic nitrogens is 7. The van der Waals surface area contributed by atoms with Gasteiger partial charge >= 0.3 is 0 Å². The molecule has 0 fully saturated rings. The average Bonchev–Trinajstić information content (AvgIpc) is 1.04. The van der Waals surface area contributed by atoms with Crippen molar-refractivity contribution in [3.8, 4) is 72.4 Å². The molecule has 117 heavy (non-hydrogen) atoms. The zero-order chi connectivity index (χ0) is 77.0. The van der Waals surface area contributed by atoms with E-state index in [9.17, 15) is 0 Å². The van der Waals surface area contributed by atoms with Crippen LogP contribution in [0.3, 0.4) is 0 Å². The predicted octanol–water partition coefficient (Wildman–Crippen LogP) is 29.6. The van der Waals surface area contributed by atoms with Crippen molar-refractivity contribution < 1.29 is 0 Å². The number of thiophene rings is 2. The minimum Gasteiger partial charge on any atom is -0.309 e. The zero-order valence-corrected chi connectivity index (χ0v) is 64.6. The lowest BCUT2D eigenvalue weighted by molar-refractivity contribution is 1.18. The monoisotopic (exact) mass is 1520 g/mol. The summed E-state index contributed by atoms with van der Waals surface area (Å²) in [7, 11) is 0. The number of rotatable bonds is 7. The van der Waals surface area contributed by atoms with Gasteiger partial charge in [-0.2, -0.15) is 0 Å². The van der Waals surface area contributed by atoms with Crippen molar-refractivity contribution >= 4 is 183 Å². The fourth-order valence-corrected chi connectivity index (χ4v) is 20.0. The van der Waals surface area contributed by atoms with Gasteiger partial charge in [-0.25, -0.2) is 0 Å². The highest BCUT2D eigenvalue weighted by Crippen LogP contribution is 2.44. The fourth-order valence-electron chi connectivity index (χ4n) is 17.8. The van der Waals surface area contributed by atoms with Crippen LogP contribution in [0.4, 0.5) is 0 Å². The number of nitrogens with zero attached hydrogens (tertiary/aromatic N) is 7. The van der Waals surface area contributed by atoms with Crippen LogP contribution in [0.5, 0.6) is 0 Å². The van der Waals surface area contributed by atoms with Gasteiger partial charge in [0.15, 0.2) is 0 Å². The number of hydrogen-bond acceptors (Lipinski definition) is 8. The summed E-state index contributed by atoms with van der Waals surface area (Å²) in [6.07, 6.45) is 10.7. The molecule has 6 heterocycles. The molecule has 19 aromatic carbocycles. The predicted molar refractivity (Wildman–Crippen MR) is 496 cm³/mol. The Hall–Kier alpha value is -15.0.